The number of nitrogens with one attached hydrogen (secondary N) is 2. The molecular formula is C13H17N3O4S. The molecule has 0 bridgehead atoms. The first-order chi connectivity index (χ1) is 9.69. The van der Waals surface area contributed by atoms with Gasteiger partial charge in [0.1, 0.15) is 4.83 Å². The van der Waals surface area contributed by atoms with Gasteiger partial charge in [-0.2, -0.15) is 4.68 Å². The van der Waals surface area contributed by atoms with Crippen LogP contribution in [0.3, 0.4) is 0 Å². The maximum Gasteiger partial charge on any atom is 0.426 e. The topological polar surface area (TPSA) is 93.2 Å². The molecule has 0 aliphatic rings. The Morgan fingerprint density at radius 3 is 2.71 bits per heavy atom. The molecule has 0 unspecified atom stereocenters. The minimum Gasteiger partial charge on any atom is -0.448 e. The number of aromatic nitrogens is 2. The van der Waals surface area contributed by atoms with E-state index in [2.05, 4.69) is 10.4 Å². The average molecular weight is 311 g/mol. The number of H-pyrrole nitrogens is 1. The number of carbonyl (C=O) groups is 1. The first-order valence-corrected chi connectivity index (χ1v) is 7.24. The van der Waals surface area contributed by atoms with Crippen molar-refractivity contribution in [2.45, 2.75) is 27.7 Å². The van der Waals surface area contributed by atoms with Crippen molar-refractivity contribution in [1.82, 2.24) is 9.66 Å². The van der Waals surface area contributed by atoms with Crippen LogP contribution in [0, 0.1) is 12.3 Å². The molecule has 2 heterocycles. The number of hydrogen-bond donors (Lipinski definition) is 2. The summed E-state index contributed by atoms with van der Waals surface area (Å²) in [5.74, 6) is 0. The van der Waals surface area contributed by atoms with Gasteiger partial charge in [0.25, 0.3) is 5.56 Å². The molecule has 8 heteroatoms. The zero-order chi connectivity index (χ0) is 15.8. The first kappa shape index (κ1) is 15.3. The highest BCUT2D eigenvalue weighted by molar-refractivity contribution is 7.16. The molecule has 0 fully saturated rings. The Bertz CT molecular complexity index is 794. The van der Waals surface area contributed by atoms with E-state index in [9.17, 15) is 14.4 Å². The third-order valence-electron chi connectivity index (χ3n) is 2.65. The number of carbonyl (C=O) groups excluding carboxylic acids is 1. The van der Waals surface area contributed by atoms with Crippen LogP contribution >= 0.6 is 11.3 Å². The predicted molar refractivity (Wildman–Crippen MR) is 81.6 cm³/mol. The van der Waals surface area contributed by atoms with Gasteiger partial charge in [0, 0.05) is 0 Å². The highest BCUT2D eigenvalue weighted by Crippen LogP contribution is 2.18. The van der Waals surface area contributed by atoms with E-state index in [4.69, 9.17) is 4.74 Å². The standard InChI is InChI=1S/C13H17N3O4S/c1-7-5-21-9-8(7)10(17)16(11(18)14-9)15-12(19)20-6-13(2,3)4/h5H,6H2,1-4H3,(H,14,18)(H,15,19). The minimum atomic E-state index is -0.843. The number of nitrogens with zero attached hydrogens (tertiary/aromatic N) is 1. The quantitative estimate of drug-likeness (QED) is 0.884. The molecule has 0 atom stereocenters. The van der Waals surface area contributed by atoms with Crippen LogP contribution in [0.25, 0.3) is 10.2 Å². The summed E-state index contributed by atoms with van der Waals surface area (Å²) >= 11 is 1.27. The van der Waals surface area contributed by atoms with Crippen LogP contribution in [0.2, 0.25) is 0 Å². The van der Waals surface area contributed by atoms with Gasteiger partial charge < -0.3 is 4.74 Å². The second-order valence-corrected chi connectivity index (χ2v) is 6.82. The number of amides is 1. The molecule has 2 rings (SSSR count). The zero-order valence-electron chi connectivity index (χ0n) is 12.3. The number of fused-ring (bicyclic) bond motifs is 1. The fourth-order valence-electron chi connectivity index (χ4n) is 1.67. The highest BCUT2D eigenvalue weighted by atomic mass is 32.1. The van der Waals surface area contributed by atoms with E-state index in [0.717, 1.165) is 5.56 Å². The van der Waals surface area contributed by atoms with Gasteiger partial charge in [-0.25, -0.2) is 15.0 Å². The second-order valence-electron chi connectivity index (χ2n) is 5.94. The number of aromatic amines is 1. The monoisotopic (exact) mass is 311 g/mol. The van der Waals surface area contributed by atoms with Gasteiger partial charge >= 0.3 is 11.8 Å². The van der Waals surface area contributed by atoms with E-state index in [1.54, 1.807) is 12.3 Å². The third-order valence-corrected chi connectivity index (χ3v) is 3.67. The number of aryl methyl sites for hydroxylation is 1. The first-order valence-electron chi connectivity index (χ1n) is 6.36. The number of rotatable bonds is 2. The van der Waals surface area contributed by atoms with E-state index >= 15 is 0 Å². The Hall–Kier alpha value is -2.09. The number of hydrogen-bond acceptors (Lipinski definition) is 5. The van der Waals surface area contributed by atoms with Crippen molar-refractivity contribution in [3.8, 4) is 0 Å². The summed E-state index contributed by atoms with van der Waals surface area (Å²) in [7, 11) is 0. The van der Waals surface area contributed by atoms with Crippen molar-refractivity contribution < 1.29 is 9.53 Å². The third kappa shape index (κ3) is 3.33. The van der Waals surface area contributed by atoms with Gasteiger partial charge in [0.15, 0.2) is 0 Å². The summed E-state index contributed by atoms with van der Waals surface area (Å²) in [6.07, 6.45) is -0.843. The molecule has 2 N–H and O–H groups in total. The Kier molecular flexibility index (Phi) is 3.91. The fraction of sp³-hybridized carbons (Fsp3) is 0.462. The normalized spacial score (nSPS) is 11.6. The molecule has 0 aliphatic carbocycles. The molecule has 0 saturated heterocycles. The lowest BCUT2D eigenvalue weighted by atomic mass is 9.99. The lowest BCUT2D eigenvalue weighted by Crippen LogP contribution is -2.44. The molecule has 21 heavy (non-hydrogen) atoms. The summed E-state index contributed by atoms with van der Waals surface area (Å²) in [5, 5.41) is 2.15. The maximum absolute atomic E-state index is 12.2. The largest absolute Gasteiger partial charge is 0.448 e. The van der Waals surface area contributed by atoms with Gasteiger partial charge in [0.05, 0.1) is 12.0 Å². The van der Waals surface area contributed by atoms with Gasteiger partial charge in [-0.05, 0) is 23.3 Å². The molecule has 114 valence electrons. The van der Waals surface area contributed by atoms with Crippen LogP contribution in [0.15, 0.2) is 15.0 Å². The van der Waals surface area contributed by atoms with Crippen LogP contribution in [-0.2, 0) is 4.74 Å². The van der Waals surface area contributed by atoms with E-state index < -0.39 is 17.3 Å². The molecule has 0 aromatic carbocycles. The Morgan fingerprint density at radius 2 is 2.10 bits per heavy atom. The van der Waals surface area contributed by atoms with Crippen LogP contribution in [0.4, 0.5) is 4.79 Å². The van der Waals surface area contributed by atoms with E-state index in [1.165, 1.54) is 11.3 Å². The van der Waals surface area contributed by atoms with Gasteiger partial charge in [-0.1, -0.05) is 20.8 Å². The Labute approximate surface area is 124 Å². The summed E-state index contributed by atoms with van der Waals surface area (Å²) < 4.78 is 5.62. The van der Waals surface area contributed by atoms with Crippen molar-refractivity contribution in [3.63, 3.8) is 0 Å². The lowest BCUT2D eigenvalue weighted by molar-refractivity contribution is 0.115. The summed E-state index contributed by atoms with van der Waals surface area (Å²) in [5.41, 5.74) is 1.43. The smallest absolute Gasteiger partial charge is 0.426 e. The van der Waals surface area contributed by atoms with Gasteiger partial charge in [-0.15, -0.1) is 11.3 Å². The molecule has 7 nitrogen and oxygen atoms in total. The molecule has 0 saturated carbocycles. The van der Waals surface area contributed by atoms with Crippen molar-refractivity contribution in [3.05, 3.63) is 31.8 Å². The molecule has 2 aromatic rings. The SMILES string of the molecule is Cc1csc2[nH]c(=O)n(NC(=O)OCC(C)(C)C)c(=O)c12. The van der Waals surface area contributed by atoms with Gasteiger partial charge in [-0.3, -0.25) is 9.78 Å². The number of thiophene rings is 1. The van der Waals surface area contributed by atoms with E-state index in [0.29, 0.717) is 14.9 Å². The average Bonchev–Trinajstić information content (AvgIpc) is 2.72. The maximum atomic E-state index is 12.2. The molecule has 0 spiro atoms. The van der Waals surface area contributed by atoms with Crippen LogP contribution in [-0.4, -0.2) is 22.4 Å². The molecular weight excluding hydrogens is 294 g/mol. The molecule has 0 aliphatic heterocycles. The van der Waals surface area contributed by atoms with Crippen molar-refractivity contribution in [1.29, 1.82) is 0 Å². The zero-order valence-corrected chi connectivity index (χ0v) is 13.1. The minimum absolute atomic E-state index is 0.172. The summed E-state index contributed by atoms with van der Waals surface area (Å²) in [4.78, 5) is 38.8. The van der Waals surface area contributed by atoms with E-state index in [-0.39, 0.29) is 12.0 Å². The van der Waals surface area contributed by atoms with Crippen LogP contribution < -0.4 is 16.7 Å². The Morgan fingerprint density at radius 1 is 1.43 bits per heavy atom. The van der Waals surface area contributed by atoms with Crippen LogP contribution in [0.1, 0.15) is 26.3 Å². The second kappa shape index (κ2) is 5.36. The molecule has 2 aromatic heterocycles. The highest BCUT2D eigenvalue weighted by Gasteiger charge is 2.16. The summed E-state index contributed by atoms with van der Waals surface area (Å²) in [6.45, 7) is 7.64. The van der Waals surface area contributed by atoms with Crippen molar-refractivity contribution in [2.24, 2.45) is 5.41 Å². The van der Waals surface area contributed by atoms with Crippen molar-refractivity contribution >= 4 is 27.6 Å². The predicted octanol–water partition coefficient (Wildman–Crippen LogP) is 1.79. The van der Waals surface area contributed by atoms with E-state index in [1.807, 2.05) is 20.8 Å². The number of ether oxygens (including phenoxy) is 1. The molecule has 1 amide bonds. The fourth-order valence-corrected chi connectivity index (χ4v) is 2.59. The van der Waals surface area contributed by atoms with Crippen molar-refractivity contribution in [2.75, 3.05) is 12.0 Å². The summed E-state index contributed by atoms with van der Waals surface area (Å²) in [6, 6.07) is 0. The molecule has 0 radical (unpaired) electrons. The van der Waals surface area contributed by atoms with Gasteiger partial charge in [0.2, 0.25) is 0 Å². The lowest BCUT2D eigenvalue weighted by Gasteiger charge is -2.18. The Balaban J connectivity index is 2.30. The van der Waals surface area contributed by atoms with Crippen LogP contribution in [0.5, 0.6) is 0 Å².